The predicted octanol–water partition coefficient (Wildman–Crippen LogP) is 2.17. The first-order valence-electron chi connectivity index (χ1n) is 4.32. The zero-order chi connectivity index (χ0) is 10.9. The van der Waals surface area contributed by atoms with E-state index in [1.54, 1.807) is 13.8 Å². The molecule has 1 aromatic rings. The third-order valence-corrected chi connectivity index (χ3v) is 2.58. The Kier molecular flexibility index (Phi) is 3.48. The van der Waals surface area contributed by atoms with Crippen molar-refractivity contribution in [1.82, 2.24) is 0 Å². The predicted molar refractivity (Wildman–Crippen MR) is 54.8 cm³/mol. The van der Waals surface area contributed by atoms with Gasteiger partial charge in [-0.25, -0.2) is 4.39 Å². The van der Waals surface area contributed by atoms with E-state index < -0.39 is 18.0 Å². The van der Waals surface area contributed by atoms with Gasteiger partial charge < -0.3 is 10.8 Å². The van der Waals surface area contributed by atoms with Crippen LogP contribution in [0.2, 0.25) is 5.02 Å². The maximum absolute atomic E-state index is 13.0. The van der Waals surface area contributed by atoms with Crippen LogP contribution >= 0.6 is 11.6 Å². The third-order valence-electron chi connectivity index (χ3n) is 2.06. The largest absolute Gasteiger partial charge is 0.387 e. The minimum absolute atomic E-state index is 0.346. The van der Waals surface area contributed by atoms with Crippen LogP contribution in [0.4, 0.5) is 4.39 Å². The fourth-order valence-corrected chi connectivity index (χ4v) is 1.47. The molecule has 0 aromatic heterocycles. The number of nitrogens with two attached hydrogens (primary N) is 1. The van der Waals surface area contributed by atoms with E-state index in [-0.39, 0.29) is 0 Å². The van der Waals surface area contributed by atoms with Crippen molar-refractivity contribution in [1.29, 1.82) is 0 Å². The van der Waals surface area contributed by atoms with Crippen molar-refractivity contribution in [3.05, 3.63) is 34.1 Å². The summed E-state index contributed by atoms with van der Waals surface area (Å²) in [6, 6.07) is 2.05. The summed E-state index contributed by atoms with van der Waals surface area (Å²) >= 11 is 5.92. The van der Waals surface area contributed by atoms with Crippen LogP contribution < -0.4 is 5.73 Å². The summed E-state index contributed by atoms with van der Waals surface area (Å²) in [5.74, 6) is -0.415. The Bertz CT molecular complexity index is 341. The topological polar surface area (TPSA) is 46.2 Å². The third kappa shape index (κ3) is 2.23. The molecular weight excluding hydrogens is 205 g/mol. The first-order chi connectivity index (χ1) is 6.43. The molecular formula is C10H13ClFNO. The molecule has 4 heteroatoms. The molecule has 0 heterocycles. The number of benzene rings is 1. The van der Waals surface area contributed by atoms with Gasteiger partial charge in [0.25, 0.3) is 0 Å². The number of aliphatic hydroxyl groups excluding tert-OH is 1. The Hall–Kier alpha value is -0.640. The van der Waals surface area contributed by atoms with Crippen LogP contribution in [-0.2, 0) is 0 Å². The van der Waals surface area contributed by atoms with Gasteiger partial charge in [-0.05, 0) is 31.5 Å². The lowest BCUT2D eigenvalue weighted by Crippen LogP contribution is -2.24. The molecule has 0 aliphatic heterocycles. The molecule has 0 aliphatic carbocycles. The highest BCUT2D eigenvalue weighted by atomic mass is 35.5. The standard InChI is InChI=1S/C10H13ClFNO/c1-5-3-7(12)4-8(9(5)11)10(14)6(2)13/h3-4,6,10,14H,13H2,1-2H3/t6-,10-/m0/s1. The van der Waals surface area contributed by atoms with E-state index in [0.29, 0.717) is 16.1 Å². The van der Waals surface area contributed by atoms with Crippen molar-refractivity contribution in [3.63, 3.8) is 0 Å². The molecule has 2 atom stereocenters. The number of aryl methyl sites for hydroxylation is 1. The van der Waals surface area contributed by atoms with Crippen LogP contribution in [0, 0.1) is 12.7 Å². The highest BCUT2D eigenvalue weighted by Gasteiger charge is 2.17. The Morgan fingerprint density at radius 3 is 2.57 bits per heavy atom. The normalized spacial score (nSPS) is 15.3. The van der Waals surface area contributed by atoms with Gasteiger partial charge in [0.15, 0.2) is 0 Å². The first-order valence-corrected chi connectivity index (χ1v) is 4.70. The molecule has 1 aromatic carbocycles. The van der Waals surface area contributed by atoms with Gasteiger partial charge in [-0.15, -0.1) is 0 Å². The van der Waals surface area contributed by atoms with Gasteiger partial charge in [-0.3, -0.25) is 0 Å². The highest BCUT2D eigenvalue weighted by molar-refractivity contribution is 6.32. The second kappa shape index (κ2) is 4.26. The first kappa shape index (κ1) is 11.4. The molecule has 78 valence electrons. The number of rotatable bonds is 2. The highest BCUT2D eigenvalue weighted by Crippen LogP contribution is 2.28. The molecule has 0 saturated carbocycles. The van der Waals surface area contributed by atoms with Gasteiger partial charge >= 0.3 is 0 Å². The van der Waals surface area contributed by atoms with E-state index in [2.05, 4.69) is 0 Å². The lowest BCUT2D eigenvalue weighted by Gasteiger charge is -2.17. The number of hydrogen-bond donors (Lipinski definition) is 2. The molecule has 0 unspecified atom stereocenters. The van der Waals surface area contributed by atoms with Gasteiger partial charge in [0.05, 0.1) is 6.10 Å². The number of halogens is 2. The molecule has 0 radical (unpaired) electrons. The molecule has 0 fully saturated rings. The van der Waals surface area contributed by atoms with Crippen molar-refractivity contribution in [3.8, 4) is 0 Å². The van der Waals surface area contributed by atoms with Crippen LogP contribution in [0.1, 0.15) is 24.2 Å². The van der Waals surface area contributed by atoms with E-state index in [9.17, 15) is 9.50 Å². The SMILES string of the molecule is Cc1cc(F)cc([C@@H](O)[C@H](C)N)c1Cl. The fourth-order valence-electron chi connectivity index (χ4n) is 1.25. The lowest BCUT2D eigenvalue weighted by atomic mass is 10.0. The van der Waals surface area contributed by atoms with Gasteiger partial charge in [0.1, 0.15) is 5.82 Å². The van der Waals surface area contributed by atoms with Crippen LogP contribution in [0.15, 0.2) is 12.1 Å². The van der Waals surface area contributed by atoms with Gasteiger partial charge in [0.2, 0.25) is 0 Å². The van der Waals surface area contributed by atoms with Crippen LogP contribution in [-0.4, -0.2) is 11.1 Å². The van der Waals surface area contributed by atoms with E-state index in [4.69, 9.17) is 17.3 Å². The summed E-state index contributed by atoms with van der Waals surface area (Å²) in [5, 5.41) is 10.0. The lowest BCUT2D eigenvalue weighted by molar-refractivity contribution is 0.153. The minimum atomic E-state index is -0.933. The van der Waals surface area contributed by atoms with Crippen molar-refractivity contribution in [2.75, 3.05) is 0 Å². The van der Waals surface area contributed by atoms with E-state index >= 15 is 0 Å². The molecule has 3 N–H and O–H groups in total. The van der Waals surface area contributed by atoms with Crippen LogP contribution in [0.5, 0.6) is 0 Å². The summed E-state index contributed by atoms with van der Waals surface area (Å²) in [5.41, 5.74) is 6.45. The summed E-state index contributed by atoms with van der Waals surface area (Å²) in [4.78, 5) is 0. The molecule has 0 saturated heterocycles. The van der Waals surface area contributed by atoms with Crippen molar-refractivity contribution >= 4 is 11.6 Å². The zero-order valence-corrected chi connectivity index (χ0v) is 8.85. The van der Waals surface area contributed by atoms with E-state index in [0.717, 1.165) is 0 Å². The molecule has 0 spiro atoms. The zero-order valence-electron chi connectivity index (χ0n) is 8.09. The minimum Gasteiger partial charge on any atom is -0.387 e. The van der Waals surface area contributed by atoms with Crippen molar-refractivity contribution in [2.24, 2.45) is 5.73 Å². The maximum atomic E-state index is 13.0. The Balaban J connectivity index is 3.20. The van der Waals surface area contributed by atoms with Gasteiger partial charge in [-0.1, -0.05) is 11.6 Å². The monoisotopic (exact) mass is 217 g/mol. The van der Waals surface area contributed by atoms with E-state index in [1.165, 1.54) is 12.1 Å². The quantitative estimate of drug-likeness (QED) is 0.798. The molecule has 0 bridgehead atoms. The summed E-state index contributed by atoms with van der Waals surface area (Å²) < 4.78 is 13.0. The van der Waals surface area contributed by atoms with Crippen molar-refractivity contribution in [2.45, 2.75) is 26.0 Å². The number of hydrogen-bond acceptors (Lipinski definition) is 2. The smallest absolute Gasteiger partial charge is 0.123 e. The average Bonchev–Trinajstić information content (AvgIpc) is 2.09. The second-order valence-corrected chi connectivity index (χ2v) is 3.81. The molecule has 14 heavy (non-hydrogen) atoms. The molecule has 1 rings (SSSR count). The fraction of sp³-hybridized carbons (Fsp3) is 0.400. The Morgan fingerprint density at radius 2 is 2.07 bits per heavy atom. The van der Waals surface area contributed by atoms with Gasteiger partial charge in [-0.2, -0.15) is 0 Å². The summed E-state index contributed by atoms with van der Waals surface area (Å²) in [6.07, 6.45) is -0.933. The summed E-state index contributed by atoms with van der Waals surface area (Å²) in [7, 11) is 0. The molecule has 0 amide bonds. The Morgan fingerprint density at radius 1 is 1.50 bits per heavy atom. The van der Waals surface area contributed by atoms with Crippen LogP contribution in [0.3, 0.4) is 0 Å². The maximum Gasteiger partial charge on any atom is 0.123 e. The number of aliphatic hydroxyl groups is 1. The molecule has 0 aliphatic rings. The summed E-state index contributed by atoms with van der Waals surface area (Å²) in [6.45, 7) is 3.32. The molecule has 2 nitrogen and oxygen atoms in total. The Labute approximate surface area is 87.5 Å². The van der Waals surface area contributed by atoms with Gasteiger partial charge in [0, 0.05) is 16.6 Å². The second-order valence-electron chi connectivity index (χ2n) is 3.43. The van der Waals surface area contributed by atoms with E-state index in [1.807, 2.05) is 0 Å². The average molecular weight is 218 g/mol. The van der Waals surface area contributed by atoms with Crippen LogP contribution in [0.25, 0.3) is 0 Å². The van der Waals surface area contributed by atoms with Crippen molar-refractivity contribution < 1.29 is 9.50 Å².